The molecule has 2 heterocycles. The van der Waals surface area contributed by atoms with Crippen LogP contribution in [-0.4, -0.2) is 41.0 Å². The van der Waals surface area contributed by atoms with Crippen molar-refractivity contribution >= 4 is 5.69 Å². The molecule has 7 nitrogen and oxygen atoms in total. The summed E-state index contributed by atoms with van der Waals surface area (Å²) < 4.78 is 11.4. The number of rotatable bonds is 4. The van der Waals surface area contributed by atoms with E-state index in [0.29, 0.717) is 17.9 Å². The van der Waals surface area contributed by atoms with Gasteiger partial charge in [-0.1, -0.05) is 0 Å². The maximum Gasteiger partial charge on any atom is 0.270 e. The van der Waals surface area contributed by atoms with Crippen molar-refractivity contribution in [1.29, 1.82) is 0 Å². The fourth-order valence-electron chi connectivity index (χ4n) is 3.19. The molecule has 1 fully saturated rings. The van der Waals surface area contributed by atoms with E-state index in [1.165, 1.54) is 12.1 Å². The van der Waals surface area contributed by atoms with E-state index in [0.717, 1.165) is 19.4 Å². The smallest absolute Gasteiger partial charge is 0.270 e. The molecule has 23 heavy (non-hydrogen) atoms. The summed E-state index contributed by atoms with van der Waals surface area (Å²) in [7, 11) is 0. The predicted molar refractivity (Wildman–Crippen MR) is 83.5 cm³/mol. The second kappa shape index (κ2) is 6.07. The lowest BCUT2D eigenvalue weighted by Gasteiger charge is -2.42. The highest BCUT2D eigenvalue weighted by Crippen LogP contribution is 2.41. The highest BCUT2D eigenvalue weighted by molar-refractivity contribution is 5.48. The Balaban J connectivity index is 1.88. The second-order valence-corrected chi connectivity index (χ2v) is 6.65. The molecule has 0 amide bonds. The summed E-state index contributed by atoms with van der Waals surface area (Å²) in [5.74, 6) is 0.566. The molecular formula is C16H22N2O5. The molecule has 0 aromatic heterocycles. The van der Waals surface area contributed by atoms with Gasteiger partial charge in [-0.2, -0.15) is 0 Å². The number of nitro benzene ring substituents is 1. The minimum atomic E-state index is -0.821. The molecule has 1 unspecified atom stereocenters. The first kappa shape index (κ1) is 16.2. The van der Waals surface area contributed by atoms with Crippen molar-refractivity contribution < 1.29 is 19.5 Å². The van der Waals surface area contributed by atoms with Crippen LogP contribution in [-0.2, 0) is 4.74 Å². The van der Waals surface area contributed by atoms with E-state index in [1.807, 2.05) is 13.8 Å². The van der Waals surface area contributed by atoms with Crippen molar-refractivity contribution in [2.45, 2.75) is 50.5 Å². The van der Waals surface area contributed by atoms with Gasteiger partial charge in [-0.05, 0) is 32.8 Å². The maximum atomic E-state index is 11.0. The number of benzene rings is 1. The van der Waals surface area contributed by atoms with Gasteiger partial charge in [0.15, 0.2) is 0 Å². The van der Waals surface area contributed by atoms with E-state index >= 15 is 0 Å². The SMILES string of the molecule is CC1(C)Oc2ccc([N+](=O)[O-])cc2[C@@H](NCC2CCCO2)[C@@H]1O. The van der Waals surface area contributed by atoms with Crippen LogP contribution in [0.25, 0.3) is 0 Å². The normalized spacial score (nSPS) is 28.9. The Morgan fingerprint density at radius 1 is 1.48 bits per heavy atom. The molecule has 2 N–H and O–H groups in total. The lowest BCUT2D eigenvalue weighted by Crippen LogP contribution is -2.53. The molecule has 1 aromatic rings. The molecule has 126 valence electrons. The third kappa shape index (κ3) is 3.17. The average molecular weight is 322 g/mol. The Morgan fingerprint density at radius 2 is 2.26 bits per heavy atom. The number of hydrogen-bond acceptors (Lipinski definition) is 6. The minimum Gasteiger partial charge on any atom is -0.485 e. The largest absolute Gasteiger partial charge is 0.485 e. The number of nitrogens with zero attached hydrogens (tertiary/aromatic N) is 1. The molecule has 7 heteroatoms. The Hall–Kier alpha value is -1.70. The second-order valence-electron chi connectivity index (χ2n) is 6.65. The van der Waals surface area contributed by atoms with E-state index in [1.54, 1.807) is 6.07 Å². The third-order valence-electron chi connectivity index (χ3n) is 4.53. The fraction of sp³-hybridized carbons (Fsp3) is 0.625. The van der Waals surface area contributed by atoms with Crippen LogP contribution in [0.2, 0.25) is 0 Å². The van der Waals surface area contributed by atoms with Gasteiger partial charge in [-0.25, -0.2) is 0 Å². The predicted octanol–water partition coefficient (Wildman–Crippen LogP) is 1.94. The quantitative estimate of drug-likeness (QED) is 0.650. The van der Waals surface area contributed by atoms with Gasteiger partial charge in [0, 0.05) is 30.8 Å². The number of aliphatic hydroxyl groups excluding tert-OH is 1. The van der Waals surface area contributed by atoms with Crippen LogP contribution in [0.1, 0.15) is 38.3 Å². The topological polar surface area (TPSA) is 93.9 Å². The summed E-state index contributed by atoms with van der Waals surface area (Å²) in [5.41, 5.74) is -0.177. The van der Waals surface area contributed by atoms with Crippen LogP contribution in [0.15, 0.2) is 18.2 Å². The fourth-order valence-corrected chi connectivity index (χ4v) is 3.19. The first-order valence-electron chi connectivity index (χ1n) is 7.89. The minimum absolute atomic E-state index is 0.0110. The number of nitrogens with one attached hydrogen (secondary N) is 1. The summed E-state index contributed by atoms with van der Waals surface area (Å²) in [6.07, 6.45) is 1.32. The Bertz CT molecular complexity index is 598. The summed E-state index contributed by atoms with van der Waals surface area (Å²) in [6.45, 7) is 4.97. The summed E-state index contributed by atoms with van der Waals surface area (Å²) in [6, 6.07) is 4.06. The average Bonchev–Trinajstić information content (AvgIpc) is 3.00. The molecular weight excluding hydrogens is 300 g/mol. The highest BCUT2D eigenvalue weighted by atomic mass is 16.6. The molecule has 2 aliphatic heterocycles. The van der Waals surface area contributed by atoms with Gasteiger partial charge >= 0.3 is 0 Å². The Labute approximate surface area is 134 Å². The van der Waals surface area contributed by atoms with E-state index in [2.05, 4.69) is 5.32 Å². The first-order chi connectivity index (χ1) is 10.9. The van der Waals surface area contributed by atoms with Crippen molar-refractivity contribution in [3.8, 4) is 5.75 Å². The molecule has 3 rings (SSSR count). The monoisotopic (exact) mass is 322 g/mol. The van der Waals surface area contributed by atoms with E-state index in [9.17, 15) is 15.2 Å². The van der Waals surface area contributed by atoms with Crippen molar-refractivity contribution in [1.82, 2.24) is 5.32 Å². The molecule has 3 atom stereocenters. The van der Waals surface area contributed by atoms with Crippen LogP contribution in [0, 0.1) is 10.1 Å². The van der Waals surface area contributed by atoms with Crippen LogP contribution < -0.4 is 10.1 Å². The van der Waals surface area contributed by atoms with Gasteiger partial charge in [0.1, 0.15) is 17.5 Å². The molecule has 0 bridgehead atoms. The number of aliphatic hydroxyl groups is 1. The molecule has 2 aliphatic rings. The highest BCUT2D eigenvalue weighted by Gasteiger charge is 2.43. The van der Waals surface area contributed by atoms with Crippen LogP contribution in [0.4, 0.5) is 5.69 Å². The number of hydrogen-bond donors (Lipinski definition) is 2. The Kier molecular flexibility index (Phi) is 4.27. The molecule has 0 spiro atoms. The van der Waals surface area contributed by atoms with Gasteiger partial charge in [0.2, 0.25) is 0 Å². The number of ether oxygens (including phenoxy) is 2. The van der Waals surface area contributed by atoms with Crippen molar-refractivity contribution in [3.63, 3.8) is 0 Å². The lowest BCUT2D eigenvalue weighted by molar-refractivity contribution is -0.385. The molecule has 0 radical (unpaired) electrons. The van der Waals surface area contributed by atoms with Crippen LogP contribution >= 0.6 is 0 Å². The molecule has 0 aliphatic carbocycles. The molecule has 1 saturated heterocycles. The zero-order valence-corrected chi connectivity index (χ0v) is 13.3. The van der Waals surface area contributed by atoms with Gasteiger partial charge < -0.3 is 19.9 Å². The summed E-state index contributed by atoms with van der Waals surface area (Å²) in [5, 5.41) is 25.0. The van der Waals surface area contributed by atoms with Crippen molar-refractivity contribution in [2.24, 2.45) is 0 Å². The first-order valence-corrected chi connectivity index (χ1v) is 7.89. The zero-order valence-electron chi connectivity index (χ0n) is 13.3. The van der Waals surface area contributed by atoms with Gasteiger partial charge in [-0.15, -0.1) is 0 Å². The van der Waals surface area contributed by atoms with Crippen molar-refractivity contribution in [2.75, 3.05) is 13.2 Å². The lowest BCUT2D eigenvalue weighted by atomic mass is 9.86. The van der Waals surface area contributed by atoms with Crippen molar-refractivity contribution in [3.05, 3.63) is 33.9 Å². The van der Waals surface area contributed by atoms with Gasteiger partial charge in [-0.3, -0.25) is 10.1 Å². The van der Waals surface area contributed by atoms with E-state index < -0.39 is 22.7 Å². The molecule has 0 saturated carbocycles. The maximum absolute atomic E-state index is 11.0. The standard InChI is InChI=1S/C16H22N2O5/c1-16(2)15(19)14(17-9-11-4-3-7-22-11)12-8-10(18(20)21)5-6-13(12)23-16/h5-6,8,11,14-15,17,19H,3-4,7,9H2,1-2H3/t11?,14-,15+/m1/s1. The summed E-state index contributed by atoms with van der Waals surface area (Å²) >= 11 is 0. The van der Waals surface area contributed by atoms with Gasteiger partial charge in [0.05, 0.1) is 17.1 Å². The van der Waals surface area contributed by atoms with E-state index in [4.69, 9.17) is 9.47 Å². The molecule has 1 aromatic carbocycles. The van der Waals surface area contributed by atoms with Crippen LogP contribution in [0.5, 0.6) is 5.75 Å². The number of non-ortho nitro benzene ring substituents is 1. The zero-order chi connectivity index (χ0) is 16.6. The van der Waals surface area contributed by atoms with E-state index in [-0.39, 0.29) is 11.8 Å². The number of fused-ring (bicyclic) bond motifs is 1. The third-order valence-corrected chi connectivity index (χ3v) is 4.53. The Morgan fingerprint density at radius 3 is 2.91 bits per heavy atom. The number of nitro groups is 1. The summed E-state index contributed by atoms with van der Waals surface area (Å²) in [4.78, 5) is 10.6. The van der Waals surface area contributed by atoms with Crippen LogP contribution in [0.3, 0.4) is 0 Å². The van der Waals surface area contributed by atoms with Gasteiger partial charge in [0.25, 0.3) is 5.69 Å².